The Morgan fingerprint density at radius 3 is 2.33 bits per heavy atom. The first kappa shape index (κ1) is 16.2. The van der Waals surface area contributed by atoms with Crippen molar-refractivity contribution in [1.82, 2.24) is 0 Å². The van der Waals surface area contributed by atoms with Crippen LogP contribution >= 0.6 is 0 Å². The molecule has 0 aromatic carbocycles. The number of carbonyl (C=O) groups is 2. The molecule has 0 spiro atoms. The molecule has 0 radical (unpaired) electrons. The van der Waals surface area contributed by atoms with E-state index in [1.54, 1.807) is 0 Å². The fourth-order valence-electron chi connectivity index (χ4n) is 3.55. The summed E-state index contributed by atoms with van der Waals surface area (Å²) in [5, 5.41) is 1.00. The lowest BCUT2D eigenvalue weighted by molar-refractivity contribution is -0.148. The molecule has 0 fully saturated rings. The van der Waals surface area contributed by atoms with Crippen LogP contribution in [0.4, 0.5) is 0 Å². The summed E-state index contributed by atoms with van der Waals surface area (Å²) >= 11 is 0. The van der Waals surface area contributed by atoms with Crippen LogP contribution in [0.2, 0.25) is 19.6 Å². The summed E-state index contributed by atoms with van der Waals surface area (Å²) in [7, 11) is -1.75. The number of hydrogen-bond donors (Lipinski definition) is 0. The maximum Gasteiger partial charge on any atom is 0.303 e. The number of Topliss-reactive ketones (excluding diaryl/α,β-unsaturated/α-hetero) is 1. The van der Waals surface area contributed by atoms with Gasteiger partial charge in [0.1, 0.15) is 0 Å². The monoisotopic (exact) mass is 306 g/mol. The first-order chi connectivity index (χ1) is 9.73. The van der Waals surface area contributed by atoms with Crippen molar-refractivity contribution < 1.29 is 14.3 Å². The van der Waals surface area contributed by atoms with E-state index in [-0.39, 0.29) is 11.8 Å². The third kappa shape index (κ3) is 3.20. The van der Waals surface area contributed by atoms with Gasteiger partial charge in [-0.05, 0) is 43.4 Å². The first-order valence-corrected chi connectivity index (χ1v) is 11.4. The van der Waals surface area contributed by atoms with Crippen molar-refractivity contribution in [2.24, 2.45) is 0 Å². The molecule has 0 aromatic heterocycles. The average Bonchev–Trinajstić information content (AvgIpc) is 2.58. The minimum absolute atomic E-state index is 0.0515. The topological polar surface area (TPSA) is 43.4 Å². The van der Waals surface area contributed by atoms with Crippen molar-refractivity contribution in [1.29, 1.82) is 0 Å². The Labute approximate surface area is 128 Å². The van der Waals surface area contributed by atoms with Crippen LogP contribution in [0.25, 0.3) is 0 Å². The second-order valence-electron chi connectivity index (χ2n) is 7.21. The number of rotatable bonds is 2. The largest absolute Gasteiger partial charge is 0.449 e. The smallest absolute Gasteiger partial charge is 0.303 e. The molecule has 0 saturated heterocycles. The number of fused-ring (bicyclic) bond motifs is 1. The van der Waals surface area contributed by atoms with Crippen LogP contribution in [0.1, 0.15) is 46.0 Å². The molecule has 2 rings (SSSR count). The van der Waals surface area contributed by atoms with Gasteiger partial charge in [-0.1, -0.05) is 31.6 Å². The number of hydrogen-bond acceptors (Lipinski definition) is 3. The van der Waals surface area contributed by atoms with Crippen LogP contribution < -0.4 is 0 Å². The molecule has 0 aromatic rings. The Hall–Kier alpha value is -1.16. The predicted octanol–water partition coefficient (Wildman–Crippen LogP) is 3.96. The van der Waals surface area contributed by atoms with Crippen molar-refractivity contribution in [2.45, 2.75) is 71.7 Å². The van der Waals surface area contributed by atoms with Gasteiger partial charge in [0.25, 0.3) is 0 Å². The van der Waals surface area contributed by atoms with Gasteiger partial charge in [-0.2, -0.15) is 0 Å². The SMILES string of the molecule is CC(=O)OC1C(=O)C([Si](C)(C)C)=C2CCCCC/C(C)=C\21. The molecule has 116 valence electrons. The molecule has 0 amide bonds. The minimum atomic E-state index is -1.75. The van der Waals surface area contributed by atoms with Crippen LogP contribution in [0.5, 0.6) is 0 Å². The second kappa shape index (κ2) is 5.91. The molecule has 0 N–H and O–H groups in total. The number of ether oxygens (including phenoxy) is 1. The Morgan fingerprint density at radius 2 is 1.76 bits per heavy atom. The molecule has 0 heterocycles. The quantitative estimate of drug-likeness (QED) is 0.573. The molecule has 3 nitrogen and oxygen atoms in total. The average molecular weight is 306 g/mol. The maximum atomic E-state index is 12.9. The van der Waals surface area contributed by atoms with Crippen molar-refractivity contribution >= 4 is 19.8 Å². The van der Waals surface area contributed by atoms with Crippen LogP contribution in [-0.2, 0) is 14.3 Å². The van der Waals surface area contributed by atoms with E-state index in [0.717, 1.165) is 36.5 Å². The molecule has 4 heteroatoms. The van der Waals surface area contributed by atoms with E-state index in [9.17, 15) is 9.59 Å². The molecule has 0 saturated carbocycles. The molecule has 21 heavy (non-hydrogen) atoms. The van der Waals surface area contributed by atoms with Gasteiger partial charge < -0.3 is 4.74 Å². The Morgan fingerprint density at radius 1 is 1.14 bits per heavy atom. The van der Waals surface area contributed by atoms with E-state index in [0.29, 0.717) is 0 Å². The highest BCUT2D eigenvalue weighted by Gasteiger charge is 2.45. The van der Waals surface area contributed by atoms with Crippen molar-refractivity contribution in [3.8, 4) is 0 Å². The lowest BCUT2D eigenvalue weighted by Gasteiger charge is -2.20. The number of ketones is 1. The van der Waals surface area contributed by atoms with Crippen LogP contribution in [0.3, 0.4) is 0 Å². The van der Waals surface area contributed by atoms with Gasteiger partial charge in [0, 0.05) is 12.5 Å². The molecule has 0 bridgehead atoms. The van der Waals surface area contributed by atoms with Crippen LogP contribution in [0, 0.1) is 0 Å². The zero-order chi connectivity index (χ0) is 15.8. The van der Waals surface area contributed by atoms with E-state index in [2.05, 4.69) is 26.6 Å². The lowest BCUT2D eigenvalue weighted by Crippen LogP contribution is -2.33. The highest BCUT2D eigenvalue weighted by Crippen LogP contribution is 2.42. The van der Waals surface area contributed by atoms with E-state index in [1.165, 1.54) is 24.5 Å². The summed E-state index contributed by atoms with van der Waals surface area (Å²) in [6.07, 6.45) is 4.78. The Kier molecular flexibility index (Phi) is 4.56. The van der Waals surface area contributed by atoms with Crippen LogP contribution in [-0.4, -0.2) is 25.9 Å². The van der Waals surface area contributed by atoms with E-state index in [1.807, 2.05) is 0 Å². The highest BCUT2D eigenvalue weighted by atomic mass is 28.3. The van der Waals surface area contributed by atoms with Crippen LogP contribution in [0.15, 0.2) is 21.9 Å². The van der Waals surface area contributed by atoms with Gasteiger partial charge in [0.15, 0.2) is 11.9 Å². The summed E-state index contributed by atoms with van der Waals surface area (Å²) in [5.74, 6) is -0.317. The molecule has 1 atom stereocenters. The molecule has 2 aliphatic carbocycles. The molecule has 2 aliphatic rings. The maximum absolute atomic E-state index is 12.9. The normalized spacial score (nSPS) is 27.3. The summed E-state index contributed by atoms with van der Waals surface area (Å²) in [5.41, 5.74) is 3.48. The number of carbonyl (C=O) groups excluding carboxylic acids is 2. The van der Waals surface area contributed by atoms with E-state index in [4.69, 9.17) is 4.74 Å². The zero-order valence-corrected chi connectivity index (χ0v) is 14.8. The third-order valence-corrected chi connectivity index (χ3v) is 6.39. The fourth-order valence-corrected chi connectivity index (χ4v) is 5.58. The summed E-state index contributed by atoms with van der Waals surface area (Å²) in [6.45, 7) is 10.1. The Bertz CT molecular complexity index is 535. The fraction of sp³-hybridized carbons (Fsp3) is 0.647. The molecule has 1 unspecified atom stereocenters. The zero-order valence-electron chi connectivity index (χ0n) is 13.8. The molecular weight excluding hydrogens is 280 g/mol. The number of esters is 1. The third-order valence-electron chi connectivity index (χ3n) is 4.35. The van der Waals surface area contributed by atoms with Crippen molar-refractivity contribution in [3.63, 3.8) is 0 Å². The first-order valence-electron chi connectivity index (χ1n) is 7.88. The van der Waals surface area contributed by atoms with E-state index < -0.39 is 14.2 Å². The Balaban J connectivity index is 2.59. The lowest BCUT2D eigenvalue weighted by atomic mass is 9.90. The van der Waals surface area contributed by atoms with Gasteiger partial charge in [-0.15, -0.1) is 0 Å². The number of allylic oxidation sites excluding steroid dienone is 1. The highest BCUT2D eigenvalue weighted by molar-refractivity contribution is 6.88. The standard InChI is InChI=1S/C17H26O3Si/c1-11-9-7-6-8-10-13-14(11)16(20-12(2)18)15(19)17(13)21(3,4)5/h16H,6-10H2,1-5H3/b14-11+. The van der Waals surface area contributed by atoms with Gasteiger partial charge in [-0.3, -0.25) is 9.59 Å². The minimum Gasteiger partial charge on any atom is -0.449 e. The van der Waals surface area contributed by atoms with Crippen molar-refractivity contribution in [2.75, 3.05) is 0 Å². The van der Waals surface area contributed by atoms with Crippen molar-refractivity contribution in [3.05, 3.63) is 21.9 Å². The van der Waals surface area contributed by atoms with Gasteiger partial charge in [0.05, 0.1) is 8.07 Å². The summed E-state index contributed by atoms with van der Waals surface area (Å²) in [6, 6.07) is 0. The van der Waals surface area contributed by atoms with E-state index >= 15 is 0 Å². The van der Waals surface area contributed by atoms with Gasteiger partial charge in [0.2, 0.25) is 0 Å². The summed E-state index contributed by atoms with van der Waals surface area (Å²) < 4.78 is 5.42. The predicted molar refractivity (Wildman–Crippen MR) is 86.7 cm³/mol. The summed E-state index contributed by atoms with van der Waals surface area (Å²) in [4.78, 5) is 24.3. The van der Waals surface area contributed by atoms with Gasteiger partial charge >= 0.3 is 5.97 Å². The molecular formula is C17H26O3Si. The molecule has 0 aliphatic heterocycles. The van der Waals surface area contributed by atoms with Gasteiger partial charge in [-0.25, -0.2) is 0 Å². The second-order valence-corrected chi connectivity index (χ2v) is 12.2.